The van der Waals surface area contributed by atoms with Crippen LogP contribution in [0.3, 0.4) is 0 Å². The van der Waals surface area contributed by atoms with Crippen LogP contribution >= 0.6 is 0 Å². The lowest BCUT2D eigenvalue weighted by Gasteiger charge is -2.30. The Morgan fingerprint density at radius 3 is 2.60 bits per heavy atom. The van der Waals surface area contributed by atoms with Crippen LogP contribution in [0.4, 0.5) is 5.69 Å². The van der Waals surface area contributed by atoms with Crippen LogP contribution in [0.5, 0.6) is 0 Å². The summed E-state index contributed by atoms with van der Waals surface area (Å²) in [5.74, 6) is -0.300. The Morgan fingerprint density at radius 2 is 2.00 bits per heavy atom. The Morgan fingerprint density at radius 1 is 1.32 bits per heavy atom. The molecule has 1 aliphatic rings. The topological polar surface area (TPSA) is 105 Å². The van der Waals surface area contributed by atoms with Crippen molar-refractivity contribution in [3.8, 4) is 0 Å². The number of nitrogens with zero attached hydrogens (tertiary/aromatic N) is 2. The Labute approximate surface area is 149 Å². The number of nitrogens with one attached hydrogen (secondary N) is 1. The third kappa shape index (κ3) is 4.69. The molecule has 0 aromatic heterocycles. The third-order valence-corrected chi connectivity index (χ3v) is 5.82. The van der Waals surface area contributed by atoms with Crippen molar-refractivity contribution < 1.29 is 17.9 Å². The van der Waals surface area contributed by atoms with Crippen LogP contribution in [0.25, 0.3) is 0 Å². The highest BCUT2D eigenvalue weighted by atomic mass is 32.2. The van der Waals surface area contributed by atoms with Gasteiger partial charge in [0, 0.05) is 39.4 Å². The van der Waals surface area contributed by atoms with Crippen LogP contribution in [0.2, 0.25) is 0 Å². The predicted molar refractivity (Wildman–Crippen MR) is 96.4 cm³/mol. The number of anilines is 1. The molecule has 0 aliphatic carbocycles. The van der Waals surface area contributed by atoms with Gasteiger partial charge in [-0.25, -0.2) is 12.7 Å². The van der Waals surface area contributed by atoms with Gasteiger partial charge in [0.25, 0.3) is 5.91 Å². The summed E-state index contributed by atoms with van der Waals surface area (Å²) in [4.78, 5) is 14.7. The van der Waals surface area contributed by atoms with Gasteiger partial charge in [0.2, 0.25) is 10.0 Å². The zero-order chi connectivity index (χ0) is 18.4. The first-order valence-electron chi connectivity index (χ1n) is 8.25. The molecule has 1 saturated heterocycles. The van der Waals surface area contributed by atoms with Crippen LogP contribution in [-0.4, -0.2) is 72.1 Å². The number of morpholine rings is 1. The highest BCUT2D eigenvalue weighted by Crippen LogP contribution is 2.26. The molecule has 0 radical (unpaired) electrons. The second-order valence-corrected chi connectivity index (χ2v) is 8.12. The molecule has 8 nitrogen and oxygen atoms in total. The Hall–Kier alpha value is -1.68. The summed E-state index contributed by atoms with van der Waals surface area (Å²) >= 11 is 0. The van der Waals surface area contributed by atoms with E-state index in [1.807, 2.05) is 4.90 Å². The Bertz CT molecular complexity index is 700. The van der Waals surface area contributed by atoms with Crippen LogP contribution in [-0.2, 0) is 14.8 Å². The maximum atomic E-state index is 12.6. The molecule has 1 aliphatic heterocycles. The molecule has 0 unspecified atom stereocenters. The van der Waals surface area contributed by atoms with Gasteiger partial charge in [-0.15, -0.1) is 0 Å². The maximum absolute atomic E-state index is 12.6. The van der Waals surface area contributed by atoms with Gasteiger partial charge in [0.1, 0.15) is 0 Å². The van der Waals surface area contributed by atoms with Crippen molar-refractivity contribution in [1.82, 2.24) is 9.62 Å². The number of hydrogen-bond donors (Lipinski definition) is 2. The number of sulfonamides is 1. The highest BCUT2D eigenvalue weighted by Gasteiger charge is 2.24. The van der Waals surface area contributed by atoms with E-state index in [4.69, 9.17) is 10.5 Å². The lowest BCUT2D eigenvalue weighted by Crippen LogP contribution is -2.38. The summed E-state index contributed by atoms with van der Waals surface area (Å²) in [6, 6.07) is 4.67. The molecule has 1 amide bonds. The van der Waals surface area contributed by atoms with Gasteiger partial charge in [-0.2, -0.15) is 0 Å². The third-order valence-electron chi connectivity index (χ3n) is 4.01. The molecular weight excluding hydrogens is 344 g/mol. The molecule has 140 valence electrons. The van der Waals surface area contributed by atoms with Gasteiger partial charge in [0.05, 0.1) is 23.7 Å². The molecule has 1 aromatic carbocycles. The number of hydrogen-bond acceptors (Lipinski definition) is 6. The first-order chi connectivity index (χ1) is 11.9. The lowest BCUT2D eigenvalue weighted by atomic mass is 10.1. The molecule has 1 heterocycles. The summed E-state index contributed by atoms with van der Waals surface area (Å²) < 4.78 is 31.3. The summed E-state index contributed by atoms with van der Waals surface area (Å²) in [6.45, 7) is 3.39. The van der Waals surface area contributed by atoms with Gasteiger partial charge in [-0.3, -0.25) is 4.79 Å². The molecule has 0 atom stereocenters. The van der Waals surface area contributed by atoms with Gasteiger partial charge < -0.3 is 20.7 Å². The molecule has 0 spiro atoms. The van der Waals surface area contributed by atoms with Crippen molar-refractivity contribution in [3.63, 3.8) is 0 Å². The zero-order valence-corrected chi connectivity index (χ0v) is 15.5. The summed E-state index contributed by atoms with van der Waals surface area (Å²) in [5, 5.41) is 2.80. The number of ether oxygens (including phenoxy) is 1. The monoisotopic (exact) mass is 370 g/mol. The molecule has 0 saturated carbocycles. The summed E-state index contributed by atoms with van der Waals surface area (Å²) in [5.41, 5.74) is 6.52. The first-order valence-corrected chi connectivity index (χ1v) is 9.69. The van der Waals surface area contributed by atoms with Crippen LogP contribution in [0, 0.1) is 0 Å². The minimum absolute atomic E-state index is 0.0958. The lowest BCUT2D eigenvalue weighted by molar-refractivity contribution is 0.0951. The van der Waals surface area contributed by atoms with Gasteiger partial charge >= 0.3 is 0 Å². The number of carbonyl (C=O) groups is 1. The molecule has 1 fully saturated rings. The largest absolute Gasteiger partial charge is 0.378 e. The second-order valence-electron chi connectivity index (χ2n) is 5.96. The summed E-state index contributed by atoms with van der Waals surface area (Å²) in [7, 11) is -0.686. The average molecular weight is 370 g/mol. The number of nitrogens with two attached hydrogens (primary N) is 1. The SMILES string of the molecule is CN(C)S(=O)(=O)c1ccc(N2CCOCC2)c(C(=O)NCCCN)c1. The highest BCUT2D eigenvalue weighted by molar-refractivity contribution is 7.89. The van der Waals surface area contributed by atoms with Gasteiger partial charge in [-0.05, 0) is 31.2 Å². The van der Waals surface area contributed by atoms with E-state index < -0.39 is 10.0 Å². The van der Waals surface area contributed by atoms with E-state index in [0.717, 1.165) is 4.31 Å². The van der Waals surface area contributed by atoms with Crippen LogP contribution in [0.15, 0.2) is 23.1 Å². The second kappa shape index (κ2) is 8.61. The maximum Gasteiger partial charge on any atom is 0.253 e. The van der Waals surface area contributed by atoms with Crippen molar-refractivity contribution in [1.29, 1.82) is 0 Å². The average Bonchev–Trinajstić information content (AvgIpc) is 2.62. The molecule has 1 aromatic rings. The standard InChI is InChI=1S/C16H26N4O4S/c1-19(2)25(22,23)13-4-5-15(20-8-10-24-11-9-20)14(12-13)16(21)18-7-3-6-17/h4-5,12H,3,6-11,17H2,1-2H3,(H,18,21). The fourth-order valence-corrected chi connectivity index (χ4v) is 3.48. The number of carbonyl (C=O) groups excluding carboxylic acids is 1. The quantitative estimate of drug-likeness (QED) is 0.647. The van der Waals surface area contributed by atoms with Gasteiger partial charge in [0.15, 0.2) is 0 Å². The Balaban J connectivity index is 2.39. The van der Waals surface area contributed by atoms with Crippen molar-refractivity contribution in [3.05, 3.63) is 23.8 Å². The molecule has 2 rings (SSSR count). The number of benzene rings is 1. The van der Waals surface area contributed by atoms with Crippen LogP contribution < -0.4 is 16.0 Å². The van der Waals surface area contributed by atoms with Crippen molar-refractivity contribution in [2.24, 2.45) is 5.73 Å². The Kier molecular flexibility index (Phi) is 6.77. The molecular formula is C16H26N4O4S. The van der Waals surface area contributed by atoms with E-state index in [-0.39, 0.29) is 10.8 Å². The summed E-state index contributed by atoms with van der Waals surface area (Å²) in [6.07, 6.45) is 0.661. The van der Waals surface area contributed by atoms with E-state index in [2.05, 4.69) is 5.32 Å². The number of amides is 1. The van der Waals surface area contributed by atoms with E-state index in [1.54, 1.807) is 6.07 Å². The molecule has 9 heteroatoms. The predicted octanol–water partition coefficient (Wildman–Crippen LogP) is -0.148. The van der Waals surface area contributed by atoms with E-state index in [0.29, 0.717) is 57.1 Å². The van der Waals surface area contributed by atoms with Crippen molar-refractivity contribution in [2.45, 2.75) is 11.3 Å². The zero-order valence-electron chi connectivity index (χ0n) is 14.7. The fourth-order valence-electron chi connectivity index (χ4n) is 2.55. The molecule has 25 heavy (non-hydrogen) atoms. The van der Waals surface area contributed by atoms with Crippen molar-refractivity contribution in [2.75, 3.05) is 58.4 Å². The first kappa shape index (κ1) is 19.6. The number of rotatable bonds is 7. The molecule has 0 bridgehead atoms. The van der Waals surface area contributed by atoms with Gasteiger partial charge in [-0.1, -0.05) is 0 Å². The minimum Gasteiger partial charge on any atom is -0.378 e. The van der Waals surface area contributed by atoms with Crippen LogP contribution in [0.1, 0.15) is 16.8 Å². The van der Waals surface area contributed by atoms with Crippen molar-refractivity contribution >= 4 is 21.6 Å². The molecule has 3 N–H and O–H groups in total. The van der Waals surface area contributed by atoms with E-state index >= 15 is 0 Å². The van der Waals surface area contributed by atoms with E-state index in [1.165, 1.54) is 26.2 Å². The fraction of sp³-hybridized carbons (Fsp3) is 0.562. The smallest absolute Gasteiger partial charge is 0.253 e. The normalized spacial score (nSPS) is 15.4. The minimum atomic E-state index is -3.62. The van der Waals surface area contributed by atoms with E-state index in [9.17, 15) is 13.2 Å².